The predicted molar refractivity (Wildman–Crippen MR) is 108 cm³/mol. The molecular formula is C20H25N3O3S. The number of sulfonamides is 1. The van der Waals surface area contributed by atoms with Gasteiger partial charge in [-0.1, -0.05) is 6.07 Å². The minimum atomic E-state index is -3.71. The van der Waals surface area contributed by atoms with Gasteiger partial charge in [0.25, 0.3) is 10.0 Å². The van der Waals surface area contributed by atoms with Crippen molar-refractivity contribution in [3.05, 3.63) is 52.6 Å². The van der Waals surface area contributed by atoms with E-state index in [0.29, 0.717) is 16.3 Å². The summed E-state index contributed by atoms with van der Waals surface area (Å²) in [5, 5.41) is 5.58. The Hall–Kier alpha value is -2.54. The number of urea groups is 1. The molecule has 7 heteroatoms. The Bertz CT molecular complexity index is 952. The zero-order valence-corrected chi connectivity index (χ0v) is 16.8. The minimum Gasteiger partial charge on any atom is -0.335 e. The minimum absolute atomic E-state index is 0.243. The quantitative estimate of drug-likeness (QED) is 0.724. The third-order valence-corrected chi connectivity index (χ3v) is 6.53. The van der Waals surface area contributed by atoms with Crippen molar-refractivity contribution in [3.63, 3.8) is 0 Å². The molecule has 0 heterocycles. The Morgan fingerprint density at radius 2 is 1.44 bits per heavy atom. The van der Waals surface area contributed by atoms with E-state index in [1.807, 2.05) is 33.8 Å². The number of rotatable bonds is 5. The number of carbonyl (C=O) groups is 1. The summed E-state index contributed by atoms with van der Waals surface area (Å²) in [7, 11) is -3.71. The van der Waals surface area contributed by atoms with Gasteiger partial charge in [0.1, 0.15) is 0 Å². The first-order valence-electron chi connectivity index (χ1n) is 8.95. The van der Waals surface area contributed by atoms with Crippen molar-refractivity contribution in [2.24, 2.45) is 0 Å². The van der Waals surface area contributed by atoms with Crippen molar-refractivity contribution in [1.82, 2.24) is 5.32 Å². The molecule has 0 saturated heterocycles. The molecule has 0 aromatic heterocycles. The fourth-order valence-corrected chi connectivity index (χ4v) is 4.67. The van der Waals surface area contributed by atoms with E-state index in [1.165, 1.54) is 0 Å². The van der Waals surface area contributed by atoms with Crippen molar-refractivity contribution in [2.75, 3.05) is 10.0 Å². The largest absolute Gasteiger partial charge is 0.335 e. The van der Waals surface area contributed by atoms with E-state index in [9.17, 15) is 13.2 Å². The molecular weight excluding hydrogens is 362 g/mol. The van der Waals surface area contributed by atoms with Gasteiger partial charge in [-0.3, -0.25) is 4.72 Å². The lowest BCUT2D eigenvalue weighted by molar-refractivity contribution is 0.251. The molecule has 6 nitrogen and oxygen atoms in total. The molecule has 0 spiro atoms. The number of benzene rings is 2. The van der Waals surface area contributed by atoms with Crippen LogP contribution in [0.3, 0.4) is 0 Å². The van der Waals surface area contributed by atoms with Crippen LogP contribution in [0.25, 0.3) is 0 Å². The second-order valence-electron chi connectivity index (χ2n) is 7.15. The van der Waals surface area contributed by atoms with Crippen LogP contribution in [0.15, 0.2) is 35.2 Å². The first kappa shape index (κ1) is 19.2. The fraction of sp³-hybridized carbons (Fsp3) is 0.350. The van der Waals surface area contributed by atoms with Gasteiger partial charge in [-0.2, -0.15) is 0 Å². The maximum Gasteiger partial charge on any atom is 0.319 e. The maximum absolute atomic E-state index is 12.9. The molecule has 1 aliphatic carbocycles. The Morgan fingerprint density at radius 3 is 1.96 bits per heavy atom. The highest BCUT2D eigenvalue weighted by atomic mass is 32.2. The van der Waals surface area contributed by atoms with Gasteiger partial charge in [-0.25, -0.2) is 13.2 Å². The number of hydrogen-bond donors (Lipinski definition) is 3. The molecule has 1 saturated carbocycles. The van der Waals surface area contributed by atoms with E-state index >= 15 is 0 Å². The number of aryl methyl sites for hydroxylation is 2. The molecule has 3 rings (SSSR count). The zero-order valence-electron chi connectivity index (χ0n) is 16.0. The number of carbonyl (C=O) groups excluding carboxylic acids is 1. The van der Waals surface area contributed by atoms with E-state index in [-0.39, 0.29) is 12.1 Å². The van der Waals surface area contributed by atoms with Crippen molar-refractivity contribution >= 4 is 27.4 Å². The van der Waals surface area contributed by atoms with E-state index < -0.39 is 10.0 Å². The summed E-state index contributed by atoms with van der Waals surface area (Å²) in [4.78, 5) is 12.1. The van der Waals surface area contributed by atoms with Crippen LogP contribution in [0.4, 0.5) is 16.2 Å². The van der Waals surface area contributed by atoms with Crippen LogP contribution in [0, 0.1) is 27.7 Å². The predicted octanol–water partition coefficient (Wildman–Crippen LogP) is 4.00. The monoisotopic (exact) mass is 387 g/mol. The summed E-state index contributed by atoms with van der Waals surface area (Å²) in [5.41, 5.74) is 4.44. The third kappa shape index (κ3) is 4.42. The molecule has 1 fully saturated rings. The summed E-state index contributed by atoms with van der Waals surface area (Å²) in [6, 6.07) is 8.65. The summed E-state index contributed by atoms with van der Waals surface area (Å²) in [6.07, 6.45) is 2.04. The van der Waals surface area contributed by atoms with Crippen LogP contribution in [-0.2, 0) is 10.0 Å². The van der Waals surface area contributed by atoms with Gasteiger partial charge >= 0.3 is 6.03 Å². The highest BCUT2D eigenvalue weighted by Crippen LogP contribution is 2.28. The van der Waals surface area contributed by atoms with E-state index in [0.717, 1.165) is 35.1 Å². The first-order valence-corrected chi connectivity index (χ1v) is 10.4. The lowest BCUT2D eigenvalue weighted by Gasteiger charge is -2.17. The molecule has 0 radical (unpaired) electrons. The van der Waals surface area contributed by atoms with Crippen LogP contribution in [0.2, 0.25) is 0 Å². The standard InChI is InChI=1S/C20H25N3O3S/c1-12-11-13(2)15(4)19(14(12)3)27(25,26)23-18-9-7-17(8-10-18)22-20(24)21-16-5-6-16/h7-11,16,23H,5-6H2,1-4H3,(H2,21,22,24). The maximum atomic E-state index is 12.9. The van der Waals surface area contributed by atoms with E-state index in [4.69, 9.17) is 0 Å². The summed E-state index contributed by atoms with van der Waals surface area (Å²) >= 11 is 0. The molecule has 2 aromatic rings. The zero-order chi connectivity index (χ0) is 19.8. The first-order chi connectivity index (χ1) is 12.7. The van der Waals surface area contributed by atoms with E-state index in [1.54, 1.807) is 24.3 Å². The van der Waals surface area contributed by atoms with Gasteiger partial charge in [-0.15, -0.1) is 0 Å². The molecule has 0 bridgehead atoms. The van der Waals surface area contributed by atoms with Gasteiger partial charge in [0, 0.05) is 17.4 Å². The molecule has 27 heavy (non-hydrogen) atoms. The van der Waals surface area contributed by atoms with Crippen molar-refractivity contribution in [2.45, 2.75) is 51.5 Å². The Balaban J connectivity index is 1.77. The highest BCUT2D eigenvalue weighted by molar-refractivity contribution is 7.92. The molecule has 0 atom stereocenters. The Kier molecular flexibility index (Phi) is 5.15. The molecule has 3 N–H and O–H groups in total. The molecule has 1 aliphatic rings. The lowest BCUT2D eigenvalue weighted by atomic mass is 10.0. The van der Waals surface area contributed by atoms with Crippen LogP contribution in [0.5, 0.6) is 0 Å². The fourth-order valence-electron chi connectivity index (χ4n) is 2.99. The van der Waals surface area contributed by atoms with Crippen molar-refractivity contribution < 1.29 is 13.2 Å². The second-order valence-corrected chi connectivity index (χ2v) is 8.76. The number of amides is 2. The summed E-state index contributed by atoms with van der Waals surface area (Å²) < 4.78 is 28.5. The van der Waals surface area contributed by atoms with Crippen molar-refractivity contribution in [3.8, 4) is 0 Å². The second kappa shape index (κ2) is 7.23. The van der Waals surface area contributed by atoms with Crippen LogP contribution < -0.4 is 15.4 Å². The Labute approximate surface area is 160 Å². The normalized spacial score (nSPS) is 13.9. The molecule has 2 aromatic carbocycles. The van der Waals surface area contributed by atoms with Gasteiger partial charge in [-0.05, 0) is 87.1 Å². The van der Waals surface area contributed by atoms with Crippen LogP contribution in [0.1, 0.15) is 35.1 Å². The molecule has 0 unspecified atom stereocenters. The van der Waals surface area contributed by atoms with Gasteiger partial charge in [0.2, 0.25) is 0 Å². The number of anilines is 2. The van der Waals surface area contributed by atoms with Gasteiger partial charge < -0.3 is 10.6 Å². The topological polar surface area (TPSA) is 87.3 Å². The number of nitrogens with one attached hydrogen (secondary N) is 3. The summed E-state index contributed by atoms with van der Waals surface area (Å²) in [5.74, 6) is 0. The molecule has 144 valence electrons. The van der Waals surface area contributed by atoms with Gasteiger partial charge in [0.05, 0.1) is 4.90 Å². The van der Waals surface area contributed by atoms with Crippen LogP contribution in [-0.4, -0.2) is 20.5 Å². The lowest BCUT2D eigenvalue weighted by Crippen LogP contribution is -2.30. The highest BCUT2D eigenvalue weighted by Gasteiger charge is 2.24. The average Bonchev–Trinajstić information content (AvgIpc) is 3.38. The SMILES string of the molecule is Cc1cc(C)c(C)c(S(=O)(=O)Nc2ccc(NC(=O)NC3CC3)cc2)c1C. The number of hydrogen-bond acceptors (Lipinski definition) is 3. The third-order valence-electron chi connectivity index (χ3n) is 4.87. The average molecular weight is 388 g/mol. The Morgan fingerprint density at radius 1 is 0.926 bits per heavy atom. The molecule has 2 amide bonds. The van der Waals surface area contributed by atoms with Crippen molar-refractivity contribution in [1.29, 1.82) is 0 Å². The summed E-state index contributed by atoms with van der Waals surface area (Å²) in [6.45, 7) is 7.46. The van der Waals surface area contributed by atoms with E-state index in [2.05, 4.69) is 15.4 Å². The van der Waals surface area contributed by atoms with Gasteiger partial charge in [0.15, 0.2) is 0 Å². The smallest absolute Gasteiger partial charge is 0.319 e. The van der Waals surface area contributed by atoms with Crippen LogP contribution >= 0.6 is 0 Å². The molecule has 0 aliphatic heterocycles.